The fourth-order valence-corrected chi connectivity index (χ4v) is 4.17. The molecule has 3 aromatic carbocycles. The normalized spacial score (nSPS) is 12.0. The van der Waals surface area contributed by atoms with Gasteiger partial charge in [-0.2, -0.15) is 0 Å². The number of fused-ring (bicyclic) bond motifs is 1. The number of nitrogens with one attached hydrogen (secondary N) is 1. The highest BCUT2D eigenvalue weighted by Gasteiger charge is 2.17. The number of hydrogen-bond donors (Lipinski definition) is 1. The van der Waals surface area contributed by atoms with Crippen LogP contribution < -0.4 is 14.8 Å². The molecule has 0 atom stereocenters. The Kier molecular flexibility index (Phi) is 5.33. The number of nitrogens with zero attached hydrogens (tertiary/aromatic N) is 2. The lowest BCUT2D eigenvalue weighted by molar-refractivity contribution is -0.113. The monoisotopic (exact) mass is 429 g/mol. The molecule has 0 unspecified atom stereocenters. The van der Waals surface area contributed by atoms with E-state index in [1.54, 1.807) is 18.2 Å². The molecule has 1 aliphatic rings. The van der Waals surface area contributed by atoms with E-state index < -0.39 is 0 Å². The van der Waals surface area contributed by atoms with Gasteiger partial charge in [0.05, 0.1) is 17.6 Å². The summed E-state index contributed by atoms with van der Waals surface area (Å²) in [5.41, 5.74) is 3.71. The van der Waals surface area contributed by atoms with Crippen molar-refractivity contribution in [2.75, 3.05) is 17.9 Å². The van der Waals surface area contributed by atoms with Gasteiger partial charge < -0.3 is 14.8 Å². The first-order valence-corrected chi connectivity index (χ1v) is 10.8. The van der Waals surface area contributed by atoms with Crippen LogP contribution in [0.3, 0.4) is 0 Å². The molecule has 31 heavy (non-hydrogen) atoms. The van der Waals surface area contributed by atoms with Gasteiger partial charge in [-0.05, 0) is 24.3 Å². The number of aromatic nitrogens is 2. The highest BCUT2D eigenvalue weighted by molar-refractivity contribution is 7.99. The Morgan fingerprint density at radius 2 is 1.71 bits per heavy atom. The maximum Gasteiger partial charge on any atom is 0.234 e. The van der Waals surface area contributed by atoms with Gasteiger partial charge in [-0.3, -0.25) is 9.36 Å². The number of imidazole rings is 1. The van der Waals surface area contributed by atoms with Crippen molar-refractivity contribution in [3.63, 3.8) is 0 Å². The number of carbonyl (C=O) groups excluding carboxylic acids is 1. The van der Waals surface area contributed by atoms with Gasteiger partial charge in [-0.1, -0.05) is 60.3 Å². The third-order valence-corrected chi connectivity index (χ3v) is 5.75. The number of amides is 1. The Balaban J connectivity index is 1.35. The molecule has 1 aliphatic heterocycles. The molecule has 154 valence electrons. The van der Waals surface area contributed by atoms with E-state index >= 15 is 0 Å². The molecular weight excluding hydrogens is 410 g/mol. The summed E-state index contributed by atoms with van der Waals surface area (Å²) in [6.07, 6.45) is 1.85. The minimum atomic E-state index is -0.118. The molecule has 1 N–H and O–H groups in total. The van der Waals surface area contributed by atoms with E-state index in [9.17, 15) is 4.79 Å². The second-order valence-electron chi connectivity index (χ2n) is 6.87. The molecule has 4 aromatic rings. The average molecular weight is 430 g/mol. The van der Waals surface area contributed by atoms with Crippen LogP contribution >= 0.6 is 11.8 Å². The largest absolute Gasteiger partial charge is 0.454 e. The first-order chi connectivity index (χ1) is 15.3. The van der Waals surface area contributed by atoms with E-state index in [4.69, 9.17) is 9.47 Å². The van der Waals surface area contributed by atoms with E-state index in [0.717, 1.165) is 22.1 Å². The van der Waals surface area contributed by atoms with Gasteiger partial charge in [0.1, 0.15) is 0 Å². The lowest BCUT2D eigenvalue weighted by atomic mass is 10.1. The van der Waals surface area contributed by atoms with Gasteiger partial charge in [-0.25, -0.2) is 4.98 Å². The second kappa shape index (κ2) is 8.57. The van der Waals surface area contributed by atoms with Crippen LogP contribution in [-0.2, 0) is 4.79 Å². The van der Waals surface area contributed by atoms with Gasteiger partial charge in [0.15, 0.2) is 16.7 Å². The molecule has 0 fully saturated rings. The van der Waals surface area contributed by atoms with Gasteiger partial charge in [-0.15, -0.1) is 0 Å². The van der Waals surface area contributed by atoms with Crippen LogP contribution in [0, 0.1) is 0 Å². The molecule has 0 saturated heterocycles. The summed E-state index contributed by atoms with van der Waals surface area (Å²) in [7, 11) is 0. The summed E-state index contributed by atoms with van der Waals surface area (Å²) in [5, 5.41) is 3.66. The second-order valence-corrected chi connectivity index (χ2v) is 7.81. The highest BCUT2D eigenvalue weighted by atomic mass is 32.2. The van der Waals surface area contributed by atoms with Crippen LogP contribution in [0.1, 0.15) is 0 Å². The maximum atomic E-state index is 12.6. The SMILES string of the molecule is O=C(CSc1ncc(-c2ccccc2)n1-c1ccccc1)Nc1ccc2c(c1)OCO2. The molecule has 6 nitrogen and oxygen atoms in total. The standard InChI is InChI=1S/C24H19N3O3S/c28-23(26-18-11-12-21-22(13-18)30-16-29-21)15-31-24-25-14-20(17-7-3-1-4-8-17)27(24)19-9-5-2-6-10-19/h1-14H,15-16H2,(H,26,28). The summed E-state index contributed by atoms with van der Waals surface area (Å²) >= 11 is 1.39. The predicted molar refractivity (Wildman–Crippen MR) is 121 cm³/mol. The third-order valence-electron chi connectivity index (χ3n) is 4.80. The van der Waals surface area contributed by atoms with Crippen LogP contribution in [0.4, 0.5) is 5.69 Å². The van der Waals surface area contributed by atoms with Crippen molar-refractivity contribution in [1.29, 1.82) is 0 Å². The fraction of sp³-hybridized carbons (Fsp3) is 0.0833. The summed E-state index contributed by atoms with van der Waals surface area (Å²) in [6.45, 7) is 0.203. The molecule has 0 spiro atoms. The molecule has 5 rings (SSSR count). The van der Waals surface area contributed by atoms with Gasteiger partial charge in [0.2, 0.25) is 12.7 Å². The smallest absolute Gasteiger partial charge is 0.234 e. The van der Waals surface area contributed by atoms with Crippen molar-refractivity contribution < 1.29 is 14.3 Å². The minimum Gasteiger partial charge on any atom is -0.454 e. The molecule has 7 heteroatoms. The summed E-state index contributed by atoms with van der Waals surface area (Å²) in [6, 6.07) is 25.5. The molecule has 1 amide bonds. The van der Waals surface area contributed by atoms with Crippen molar-refractivity contribution in [2.24, 2.45) is 0 Å². The average Bonchev–Trinajstić information content (AvgIpc) is 3.45. The number of rotatable bonds is 6. The maximum absolute atomic E-state index is 12.6. The zero-order chi connectivity index (χ0) is 21.0. The molecule has 0 saturated carbocycles. The number of benzene rings is 3. The first-order valence-electron chi connectivity index (χ1n) is 9.79. The van der Waals surface area contributed by atoms with Crippen LogP contribution in [0.25, 0.3) is 16.9 Å². The van der Waals surface area contributed by atoms with Crippen molar-refractivity contribution in [2.45, 2.75) is 5.16 Å². The van der Waals surface area contributed by atoms with Gasteiger partial charge >= 0.3 is 0 Å². The number of para-hydroxylation sites is 1. The van der Waals surface area contributed by atoms with E-state index in [1.807, 2.05) is 54.7 Å². The van der Waals surface area contributed by atoms with E-state index in [1.165, 1.54) is 11.8 Å². The number of anilines is 1. The van der Waals surface area contributed by atoms with Gasteiger partial charge in [0.25, 0.3) is 0 Å². The van der Waals surface area contributed by atoms with E-state index in [2.05, 4.69) is 27.0 Å². The Labute approximate surface area is 183 Å². The molecule has 0 aliphatic carbocycles. The Morgan fingerprint density at radius 3 is 2.52 bits per heavy atom. The van der Waals surface area contributed by atoms with E-state index in [-0.39, 0.29) is 18.5 Å². The minimum absolute atomic E-state index is 0.118. The van der Waals surface area contributed by atoms with Crippen molar-refractivity contribution in [1.82, 2.24) is 9.55 Å². The summed E-state index contributed by atoms with van der Waals surface area (Å²) < 4.78 is 12.8. The van der Waals surface area contributed by atoms with Crippen molar-refractivity contribution in [3.8, 4) is 28.4 Å². The number of thioether (sulfide) groups is 1. The lowest BCUT2D eigenvalue weighted by Gasteiger charge is -2.12. The van der Waals surface area contributed by atoms with Crippen LogP contribution in [0.5, 0.6) is 11.5 Å². The molecule has 0 bridgehead atoms. The number of hydrogen-bond acceptors (Lipinski definition) is 5. The van der Waals surface area contributed by atoms with Crippen molar-refractivity contribution in [3.05, 3.63) is 85.1 Å². The zero-order valence-electron chi connectivity index (χ0n) is 16.5. The van der Waals surface area contributed by atoms with Crippen LogP contribution in [0.15, 0.2) is 90.2 Å². The van der Waals surface area contributed by atoms with Crippen molar-refractivity contribution >= 4 is 23.4 Å². The molecule has 0 radical (unpaired) electrons. The number of carbonyl (C=O) groups is 1. The fourth-order valence-electron chi connectivity index (χ4n) is 3.38. The summed E-state index contributed by atoms with van der Waals surface area (Å²) in [4.78, 5) is 17.2. The number of ether oxygens (including phenoxy) is 2. The molecular formula is C24H19N3O3S. The molecule has 1 aromatic heterocycles. The Bertz CT molecular complexity index is 1210. The molecule has 2 heterocycles. The topological polar surface area (TPSA) is 65.4 Å². The first kappa shape index (κ1) is 19.3. The van der Waals surface area contributed by atoms with Crippen LogP contribution in [-0.4, -0.2) is 28.0 Å². The Hall–Kier alpha value is -3.71. The predicted octanol–water partition coefficient (Wildman–Crippen LogP) is 5.00. The summed E-state index contributed by atoms with van der Waals surface area (Å²) in [5.74, 6) is 1.43. The quantitative estimate of drug-likeness (QED) is 0.437. The lowest BCUT2D eigenvalue weighted by Crippen LogP contribution is -2.14. The third kappa shape index (κ3) is 4.13. The zero-order valence-corrected chi connectivity index (χ0v) is 17.3. The highest BCUT2D eigenvalue weighted by Crippen LogP contribution is 2.34. The van der Waals surface area contributed by atoms with Gasteiger partial charge in [0, 0.05) is 23.0 Å². The Morgan fingerprint density at radius 1 is 0.968 bits per heavy atom. The van der Waals surface area contributed by atoms with E-state index in [0.29, 0.717) is 17.2 Å². The van der Waals surface area contributed by atoms with Crippen LogP contribution in [0.2, 0.25) is 0 Å².